The van der Waals surface area contributed by atoms with Crippen LogP contribution in [0, 0.1) is 0 Å². The molecule has 23 heavy (non-hydrogen) atoms. The molecule has 1 atom stereocenters. The van der Waals surface area contributed by atoms with E-state index in [2.05, 4.69) is 41.4 Å². The highest BCUT2D eigenvalue weighted by Gasteiger charge is 2.32. The maximum atomic E-state index is 5.87. The Morgan fingerprint density at radius 3 is 2.83 bits per heavy atom. The zero-order valence-electron chi connectivity index (χ0n) is 14.3. The van der Waals surface area contributed by atoms with Gasteiger partial charge < -0.3 is 14.8 Å². The highest BCUT2D eigenvalue weighted by Crippen LogP contribution is 2.28. The first kappa shape index (κ1) is 16.7. The zero-order chi connectivity index (χ0) is 15.9. The highest BCUT2D eigenvalue weighted by molar-refractivity contribution is 5.27. The van der Waals surface area contributed by atoms with Crippen LogP contribution in [0.1, 0.15) is 38.2 Å². The first-order valence-electron chi connectivity index (χ1n) is 9.13. The summed E-state index contributed by atoms with van der Waals surface area (Å²) in [5, 5.41) is 3.53. The summed E-state index contributed by atoms with van der Waals surface area (Å²) in [6.07, 6.45) is 5.38. The van der Waals surface area contributed by atoms with E-state index in [4.69, 9.17) is 9.47 Å². The van der Waals surface area contributed by atoms with Gasteiger partial charge in [0.1, 0.15) is 5.75 Å². The second-order valence-electron chi connectivity index (χ2n) is 6.70. The second kappa shape index (κ2) is 8.67. The quantitative estimate of drug-likeness (QED) is 0.710. The SMILES string of the molecule is CCCCOc1ccc(CNCC2CN(C3CC3)CCO2)cc1. The lowest BCUT2D eigenvalue weighted by Gasteiger charge is -2.33. The number of hydrogen-bond acceptors (Lipinski definition) is 4. The summed E-state index contributed by atoms with van der Waals surface area (Å²) in [4.78, 5) is 2.60. The van der Waals surface area contributed by atoms with Gasteiger partial charge in [0.2, 0.25) is 0 Å². The van der Waals surface area contributed by atoms with E-state index in [1.807, 2.05) is 0 Å². The molecule has 1 saturated heterocycles. The molecule has 1 aromatic carbocycles. The van der Waals surface area contributed by atoms with Gasteiger partial charge in [-0.3, -0.25) is 4.90 Å². The van der Waals surface area contributed by atoms with Gasteiger partial charge >= 0.3 is 0 Å². The molecule has 2 fully saturated rings. The molecule has 1 saturated carbocycles. The molecule has 1 aliphatic carbocycles. The molecule has 128 valence electrons. The van der Waals surface area contributed by atoms with Crippen molar-refractivity contribution < 1.29 is 9.47 Å². The Morgan fingerprint density at radius 2 is 2.09 bits per heavy atom. The summed E-state index contributed by atoms with van der Waals surface area (Å²) in [5.74, 6) is 0.970. The van der Waals surface area contributed by atoms with Gasteiger partial charge in [0.05, 0.1) is 19.3 Å². The first-order valence-corrected chi connectivity index (χ1v) is 9.13. The van der Waals surface area contributed by atoms with Gasteiger partial charge in [0.25, 0.3) is 0 Å². The maximum Gasteiger partial charge on any atom is 0.119 e. The van der Waals surface area contributed by atoms with E-state index in [9.17, 15) is 0 Å². The lowest BCUT2D eigenvalue weighted by atomic mass is 10.2. The van der Waals surface area contributed by atoms with Crippen molar-refractivity contribution in [2.75, 3.05) is 32.8 Å². The molecule has 1 aromatic rings. The van der Waals surface area contributed by atoms with Crippen LogP contribution in [0.25, 0.3) is 0 Å². The Hall–Kier alpha value is -1.10. The predicted molar refractivity (Wildman–Crippen MR) is 92.9 cm³/mol. The van der Waals surface area contributed by atoms with E-state index >= 15 is 0 Å². The number of ether oxygens (including phenoxy) is 2. The molecule has 0 spiro atoms. The normalized spacial score (nSPS) is 22.2. The van der Waals surface area contributed by atoms with Crippen LogP contribution in [0.15, 0.2) is 24.3 Å². The van der Waals surface area contributed by atoms with Crippen molar-refractivity contribution in [1.82, 2.24) is 10.2 Å². The number of morpholine rings is 1. The van der Waals surface area contributed by atoms with Crippen LogP contribution in [-0.2, 0) is 11.3 Å². The molecule has 0 radical (unpaired) electrons. The summed E-state index contributed by atoms with van der Waals surface area (Å²) in [6, 6.07) is 9.28. The van der Waals surface area contributed by atoms with Crippen LogP contribution in [0.5, 0.6) is 5.75 Å². The predicted octanol–water partition coefficient (Wildman–Crippen LogP) is 2.82. The Bertz CT molecular complexity index is 459. The van der Waals surface area contributed by atoms with E-state index in [0.29, 0.717) is 6.10 Å². The van der Waals surface area contributed by atoms with Gasteiger partial charge in [-0.15, -0.1) is 0 Å². The largest absolute Gasteiger partial charge is 0.494 e. The minimum Gasteiger partial charge on any atom is -0.494 e. The Kier molecular flexibility index (Phi) is 6.31. The van der Waals surface area contributed by atoms with Gasteiger partial charge in [-0.2, -0.15) is 0 Å². The van der Waals surface area contributed by atoms with E-state index in [1.165, 1.54) is 24.8 Å². The molecule has 2 aliphatic rings. The average Bonchev–Trinajstić information content (AvgIpc) is 3.42. The summed E-state index contributed by atoms with van der Waals surface area (Å²) in [6.45, 7) is 7.88. The molecule has 3 rings (SSSR count). The molecule has 1 aliphatic heterocycles. The second-order valence-corrected chi connectivity index (χ2v) is 6.70. The van der Waals surface area contributed by atoms with Gasteiger partial charge in [-0.1, -0.05) is 25.5 Å². The molecule has 0 bridgehead atoms. The van der Waals surface area contributed by atoms with E-state index in [1.54, 1.807) is 0 Å². The van der Waals surface area contributed by atoms with Gasteiger partial charge in [0, 0.05) is 32.2 Å². The lowest BCUT2D eigenvalue weighted by Crippen LogP contribution is -2.47. The first-order chi connectivity index (χ1) is 11.3. The topological polar surface area (TPSA) is 33.7 Å². The van der Waals surface area contributed by atoms with Gasteiger partial charge in [-0.25, -0.2) is 0 Å². The molecule has 1 unspecified atom stereocenters. The third-order valence-corrected chi connectivity index (χ3v) is 4.62. The van der Waals surface area contributed by atoms with Crippen molar-refractivity contribution in [2.24, 2.45) is 0 Å². The van der Waals surface area contributed by atoms with Gasteiger partial charge in [-0.05, 0) is 37.0 Å². The Morgan fingerprint density at radius 1 is 1.26 bits per heavy atom. The van der Waals surface area contributed by atoms with Crippen LogP contribution >= 0.6 is 0 Å². The number of nitrogens with zero attached hydrogens (tertiary/aromatic N) is 1. The van der Waals surface area contributed by atoms with Crippen molar-refractivity contribution in [3.05, 3.63) is 29.8 Å². The molecular formula is C19H30N2O2. The fourth-order valence-electron chi connectivity index (χ4n) is 3.05. The fraction of sp³-hybridized carbons (Fsp3) is 0.684. The van der Waals surface area contributed by atoms with Crippen molar-refractivity contribution in [1.29, 1.82) is 0 Å². The van der Waals surface area contributed by atoms with Crippen molar-refractivity contribution >= 4 is 0 Å². The molecule has 1 N–H and O–H groups in total. The van der Waals surface area contributed by atoms with Crippen molar-refractivity contribution in [3.63, 3.8) is 0 Å². The van der Waals surface area contributed by atoms with Crippen molar-refractivity contribution in [2.45, 2.75) is 51.3 Å². The Balaban J connectivity index is 1.35. The number of rotatable bonds is 9. The standard InChI is InChI=1S/C19H30N2O2/c1-2-3-11-22-18-8-4-16(5-9-18)13-20-14-19-15-21(10-12-23-19)17-6-7-17/h4-5,8-9,17,19-20H,2-3,6-7,10-15H2,1H3. The van der Waals surface area contributed by atoms with E-state index in [0.717, 1.165) is 57.6 Å². The van der Waals surface area contributed by atoms with E-state index < -0.39 is 0 Å². The van der Waals surface area contributed by atoms with Crippen LogP contribution in [0.3, 0.4) is 0 Å². The average molecular weight is 318 g/mol. The minimum absolute atomic E-state index is 0.334. The molecule has 4 heteroatoms. The summed E-state index contributed by atoms with van der Waals surface area (Å²) in [5.41, 5.74) is 1.29. The summed E-state index contributed by atoms with van der Waals surface area (Å²) >= 11 is 0. The number of benzene rings is 1. The molecular weight excluding hydrogens is 288 g/mol. The fourth-order valence-corrected chi connectivity index (χ4v) is 3.05. The minimum atomic E-state index is 0.334. The maximum absolute atomic E-state index is 5.87. The third kappa shape index (κ3) is 5.48. The van der Waals surface area contributed by atoms with E-state index in [-0.39, 0.29) is 0 Å². The zero-order valence-corrected chi connectivity index (χ0v) is 14.3. The smallest absolute Gasteiger partial charge is 0.119 e. The highest BCUT2D eigenvalue weighted by atomic mass is 16.5. The summed E-state index contributed by atoms with van der Waals surface area (Å²) < 4.78 is 11.6. The number of unbranched alkanes of at least 4 members (excludes halogenated alkanes) is 1. The van der Waals surface area contributed by atoms with Crippen LogP contribution in [0.2, 0.25) is 0 Å². The van der Waals surface area contributed by atoms with Crippen LogP contribution < -0.4 is 10.1 Å². The van der Waals surface area contributed by atoms with Crippen molar-refractivity contribution in [3.8, 4) is 5.75 Å². The van der Waals surface area contributed by atoms with Crippen LogP contribution in [0.4, 0.5) is 0 Å². The molecule has 0 amide bonds. The third-order valence-electron chi connectivity index (χ3n) is 4.62. The summed E-state index contributed by atoms with van der Waals surface area (Å²) in [7, 11) is 0. The Labute approximate surface area is 140 Å². The molecule has 0 aromatic heterocycles. The lowest BCUT2D eigenvalue weighted by molar-refractivity contribution is -0.0301. The van der Waals surface area contributed by atoms with Gasteiger partial charge in [0.15, 0.2) is 0 Å². The monoisotopic (exact) mass is 318 g/mol. The number of hydrogen-bond donors (Lipinski definition) is 1. The van der Waals surface area contributed by atoms with Crippen LogP contribution in [-0.4, -0.2) is 49.9 Å². The molecule has 1 heterocycles. The molecule has 4 nitrogen and oxygen atoms in total. The number of nitrogens with one attached hydrogen (secondary N) is 1.